The van der Waals surface area contributed by atoms with Gasteiger partial charge in [-0.25, -0.2) is 0 Å². The second-order valence-corrected chi connectivity index (χ2v) is 10.1. The average molecular weight is 512 g/mol. The molecule has 2 atom stereocenters. The summed E-state index contributed by atoms with van der Waals surface area (Å²) in [5.74, 6) is 1.32. The molecule has 9 nitrogen and oxygen atoms in total. The van der Waals surface area contributed by atoms with Crippen LogP contribution in [0, 0.1) is 0 Å². The molecule has 38 heavy (non-hydrogen) atoms. The fourth-order valence-electron chi connectivity index (χ4n) is 5.56. The van der Waals surface area contributed by atoms with Gasteiger partial charge in [0.1, 0.15) is 11.5 Å². The SMILES string of the molecule is CCOc1cc(C(=O)N(C)C)cnc1Cc1[nH]nc2cc([C@@H]3C[C@@]34C(=O)Nc3ccc(OC)cc34)ccc12. The molecule has 2 aromatic heterocycles. The van der Waals surface area contributed by atoms with E-state index in [4.69, 9.17) is 9.47 Å². The van der Waals surface area contributed by atoms with E-state index in [0.717, 1.165) is 51.3 Å². The van der Waals surface area contributed by atoms with E-state index in [9.17, 15) is 9.59 Å². The van der Waals surface area contributed by atoms with Crippen LogP contribution in [0.2, 0.25) is 0 Å². The Morgan fingerprint density at radius 1 is 1.18 bits per heavy atom. The minimum Gasteiger partial charge on any atom is -0.497 e. The first-order valence-corrected chi connectivity index (χ1v) is 12.7. The van der Waals surface area contributed by atoms with Gasteiger partial charge in [0.05, 0.1) is 35.9 Å². The number of nitrogens with zero attached hydrogens (tertiary/aromatic N) is 3. The topological polar surface area (TPSA) is 109 Å². The third kappa shape index (κ3) is 3.69. The molecule has 2 N–H and O–H groups in total. The first-order chi connectivity index (χ1) is 18.3. The highest BCUT2D eigenvalue weighted by Crippen LogP contribution is 2.65. The average Bonchev–Trinajstić information content (AvgIpc) is 3.47. The minimum atomic E-state index is -0.557. The van der Waals surface area contributed by atoms with Crippen LogP contribution in [-0.2, 0) is 16.6 Å². The van der Waals surface area contributed by atoms with E-state index in [0.29, 0.717) is 24.3 Å². The third-order valence-corrected chi connectivity index (χ3v) is 7.61. The van der Waals surface area contributed by atoms with Crippen LogP contribution in [0.1, 0.15) is 52.1 Å². The molecule has 1 aliphatic carbocycles. The van der Waals surface area contributed by atoms with Gasteiger partial charge in [-0.15, -0.1) is 0 Å². The molecule has 0 unspecified atom stereocenters. The number of aromatic nitrogens is 3. The van der Waals surface area contributed by atoms with Gasteiger partial charge >= 0.3 is 0 Å². The maximum Gasteiger partial charge on any atom is 0.255 e. The third-order valence-electron chi connectivity index (χ3n) is 7.61. The number of methoxy groups -OCH3 is 1. The van der Waals surface area contributed by atoms with Gasteiger partial charge in [-0.2, -0.15) is 5.10 Å². The van der Waals surface area contributed by atoms with Crippen LogP contribution < -0.4 is 14.8 Å². The van der Waals surface area contributed by atoms with E-state index in [1.165, 1.54) is 4.90 Å². The van der Waals surface area contributed by atoms with E-state index in [-0.39, 0.29) is 17.7 Å². The number of H-pyrrole nitrogens is 1. The Hall–Kier alpha value is -4.40. The fourth-order valence-corrected chi connectivity index (χ4v) is 5.56. The lowest BCUT2D eigenvalue weighted by atomic mass is 9.91. The second-order valence-electron chi connectivity index (χ2n) is 10.1. The number of amides is 2. The molecule has 1 aliphatic heterocycles. The lowest BCUT2D eigenvalue weighted by Gasteiger charge is -2.13. The molecule has 2 aliphatic rings. The van der Waals surface area contributed by atoms with Crippen LogP contribution in [0.4, 0.5) is 5.69 Å². The van der Waals surface area contributed by atoms with Crippen molar-refractivity contribution in [2.24, 2.45) is 0 Å². The van der Waals surface area contributed by atoms with Crippen LogP contribution in [0.3, 0.4) is 0 Å². The summed E-state index contributed by atoms with van der Waals surface area (Å²) in [5, 5.41) is 11.7. The van der Waals surface area contributed by atoms with Crippen molar-refractivity contribution in [3.8, 4) is 11.5 Å². The van der Waals surface area contributed by atoms with Gasteiger partial charge in [-0.1, -0.05) is 12.1 Å². The highest BCUT2D eigenvalue weighted by atomic mass is 16.5. The summed E-state index contributed by atoms with van der Waals surface area (Å²) < 4.78 is 11.2. The molecule has 2 amide bonds. The zero-order valence-electron chi connectivity index (χ0n) is 21.8. The number of hydrogen-bond acceptors (Lipinski definition) is 6. The molecule has 1 fully saturated rings. The second kappa shape index (κ2) is 8.86. The number of pyridine rings is 1. The molecule has 4 aromatic rings. The molecule has 194 valence electrons. The Balaban J connectivity index is 1.28. The van der Waals surface area contributed by atoms with Gasteiger partial charge in [0.15, 0.2) is 0 Å². The summed E-state index contributed by atoms with van der Waals surface area (Å²) >= 11 is 0. The molecule has 9 heteroatoms. The van der Waals surface area contributed by atoms with Gasteiger partial charge in [0, 0.05) is 49.4 Å². The van der Waals surface area contributed by atoms with Crippen molar-refractivity contribution in [1.29, 1.82) is 0 Å². The lowest BCUT2D eigenvalue weighted by molar-refractivity contribution is -0.118. The number of aromatic amines is 1. The number of fused-ring (bicyclic) bond motifs is 3. The van der Waals surface area contributed by atoms with Crippen LogP contribution in [-0.4, -0.2) is 59.7 Å². The predicted octanol–water partition coefficient (Wildman–Crippen LogP) is 4.04. The lowest BCUT2D eigenvalue weighted by Crippen LogP contribution is -2.22. The molecule has 1 spiro atoms. The van der Waals surface area contributed by atoms with Gasteiger partial charge in [0.2, 0.25) is 5.91 Å². The number of hydrogen-bond donors (Lipinski definition) is 2. The number of anilines is 1. The normalized spacial score (nSPS) is 19.4. The summed E-state index contributed by atoms with van der Waals surface area (Å²) in [6.07, 6.45) is 2.81. The molecular weight excluding hydrogens is 482 g/mol. The molecule has 3 heterocycles. The van der Waals surface area contributed by atoms with Gasteiger partial charge < -0.3 is 19.7 Å². The summed E-state index contributed by atoms with van der Waals surface area (Å²) in [4.78, 5) is 31.5. The number of carbonyl (C=O) groups is 2. The maximum atomic E-state index is 13.0. The van der Waals surface area contributed by atoms with E-state index in [2.05, 4.69) is 38.7 Å². The molecule has 2 aromatic carbocycles. The number of rotatable bonds is 7. The zero-order chi connectivity index (χ0) is 26.6. The highest BCUT2D eigenvalue weighted by molar-refractivity contribution is 6.10. The quantitative estimate of drug-likeness (QED) is 0.388. The number of carbonyl (C=O) groups excluding carboxylic acids is 2. The van der Waals surface area contributed by atoms with Crippen molar-refractivity contribution < 1.29 is 19.1 Å². The molecule has 0 bridgehead atoms. The highest BCUT2D eigenvalue weighted by Gasteiger charge is 2.65. The number of nitrogens with one attached hydrogen (secondary N) is 2. The van der Waals surface area contributed by atoms with E-state index in [1.54, 1.807) is 33.5 Å². The zero-order valence-corrected chi connectivity index (χ0v) is 21.8. The van der Waals surface area contributed by atoms with Gasteiger partial charge in [-0.05, 0) is 54.8 Å². The molecular formula is C29H29N5O4. The Kier molecular flexibility index (Phi) is 5.59. The van der Waals surface area contributed by atoms with E-state index in [1.807, 2.05) is 25.1 Å². The van der Waals surface area contributed by atoms with Crippen molar-refractivity contribution in [2.45, 2.75) is 31.1 Å². The molecule has 6 rings (SSSR count). The summed E-state index contributed by atoms with van der Waals surface area (Å²) in [6, 6.07) is 13.7. The van der Waals surface area contributed by atoms with Gasteiger partial charge in [-0.3, -0.25) is 19.7 Å². The summed E-state index contributed by atoms with van der Waals surface area (Å²) in [6.45, 7) is 2.37. The van der Waals surface area contributed by atoms with Crippen molar-refractivity contribution >= 4 is 28.4 Å². The van der Waals surface area contributed by atoms with Crippen molar-refractivity contribution in [3.05, 3.63) is 76.7 Å². The smallest absolute Gasteiger partial charge is 0.255 e. The largest absolute Gasteiger partial charge is 0.497 e. The molecule has 1 saturated carbocycles. The van der Waals surface area contributed by atoms with Crippen LogP contribution in [0.25, 0.3) is 10.9 Å². The molecule has 0 saturated heterocycles. The van der Waals surface area contributed by atoms with Crippen molar-refractivity contribution in [3.63, 3.8) is 0 Å². The Labute approximate surface area is 220 Å². The van der Waals surface area contributed by atoms with E-state index < -0.39 is 5.41 Å². The van der Waals surface area contributed by atoms with Crippen molar-refractivity contribution in [1.82, 2.24) is 20.1 Å². The van der Waals surface area contributed by atoms with Crippen LogP contribution in [0.5, 0.6) is 11.5 Å². The van der Waals surface area contributed by atoms with Crippen molar-refractivity contribution in [2.75, 3.05) is 33.1 Å². The summed E-state index contributed by atoms with van der Waals surface area (Å²) in [7, 11) is 5.05. The standard InChI is InChI=1S/C29H29N5O4/c1-5-38-26-11-17(27(35)34(2)3)15-30-25(26)13-24-19-8-6-16(10-23(19)32-33-24)21-14-29(21)20-12-18(37-4)7-9-22(20)31-28(29)36/h6-12,15,21H,5,13-14H2,1-4H3,(H,31,36)(H,32,33)/t21-,29-/m0/s1. The minimum absolute atomic E-state index is 0.0410. The Morgan fingerprint density at radius 3 is 2.79 bits per heavy atom. The van der Waals surface area contributed by atoms with E-state index >= 15 is 0 Å². The number of ether oxygens (including phenoxy) is 2. The Bertz CT molecular complexity index is 1590. The first-order valence-electron chi connectivity index (χ1n) is 12.7. The monoisotopic (exact) mass is 511 g/mol. The maximum absolute atomic E-state index is 13.0. The molecule has 0 radical (unpaired) electrons. The first kappa shape index (κ1) is 24.0. The fraction of sp³-hybridized carbons (Fsp3) is 0.310. The number of benzene rings is 2. The summed E-state index contributed by atoms with van der Waals surface area (Å²) in [5.41, 5.74) is 5.34. The predicted molar refractivity (Wildman–Crippen MR) is 143 cm³/mol. The van der Waals surface area contributed by atoms with Crippen LogP contribution in [0.15, 0.2) is 48.7 Å². The van der Waals surface area contributed by atoms with Crippen LogP contribution >= 0.6 is 0 Å². The van der Waals surface area contributed by atoms with Gasteiger partial charge in [0.25, 0.3) is 5.91 Å². The Morgan fingerprint density at radius 2 is 2.03 bits per heavy atom.